The maximum absolute atomic E-state index is 12.7. The van der Waals surface area contributed by atoms with Crippen LogP contribution in [0.2, 0.25) is 0 Å². The Hall–Kier alpha value is -2.79. The number of benzene rings is 1. The molecule has 1 aliphatic carbocycles. The molecule has 226 valence electrons. The van der Waals surface area contributed by atoms with Gasteiger partial charge in [-0.2, -0.15) is 0 Å². The van der Waals surface area contributed by atoms with Gasteiger partial charge < -0.3 is 34.3 Å². The molecule has 0 radical (unpaired) electrons. The molecule has 3 aliphatic rings. The van der Waals surface area contributed by atoms with E-state index in [0.717, 1.165) is 18.4 Å². The number of hydrogen-bond acceptors (Lipinski definition) is 8. The van der Waals surface area contributed by atoms with Crippen molar-refractivity contribution in [3.63, 3.8) is 0 Å². The number of hydrogen-bond donors (Lipinski definition) is 2. The van der Waals surface area contributed by atoms with Crippen molar-refractivity contribution < 1.29 is 38.1 Å². The first-order valence-corrected chi connectivity index (χ1v) is 14.5. The summed E-state index contributed by atoms with van der Waals surface area (Å²) in [7, 11) is 1.66. The Labute approximate surface area is 242 Å². The van der Waals surface area contributed by atoms with Crippen molar-refractivity contribution in [2.24, 2.45) is 5.92 Å². The van der Waals surface area contributed by atoms with Gasteiger partial charge in [0.1, 0.15) is 36.6 Å². The molecule has 0 aromatic heterocycles. The molecule has 2 saturated heterocycles. The summed E-state index contributed by atoms with van der Waals surface area (Å²) in [6, 6.07) is 7.34. The number of Topliss-reactive ketones (excluding diaryl/α,β-unsaturated/α-hetero) is 1. The summed E-state index contributed by atoms with van der Waals surface area (Å²) in [5.41, 5.74) is 2.24. The third-order valence-corrected chi connectivity index (χ3v) is 8.31. The normalized spacial score (nSPS) is 29.9. The van der Waals surface area contributed by atoms with Crippen LogP contribution in [0.25, 0.3) is 0 Å². The summed E-state index contributed by atoms with van der Waals surface area (Å²) in [5.74, 6) is -0.393. The molecule has 6 atom stereocenters. The van der Waals surface area contributed by atoms with Gasteiger partial charge in [0.15, 0.2) is 5.78 Å². The largest absolute Gasteiger partial charge is 0.443 e. The average molecular weight is 573 g/mol. The Morgan fingerprint density at radius 2 is 1.88 bits per heavy atom. The van der Waals surface area contributed by atoms with Gasteiger partial charge in [0.25, 0.3) is 0 Å². The van der Waals surface area contributed by atoms with E-state index in [1.165, 1.54) is 5.57 Å². The van der Waals surface area contributed by atoms with Crippen molar-refractivity contribution >= 4 is 23.5 Å². The molecular formula is C31H44N2O8. The molecular weight excluding hydrogens is 528 g/mol. The van der Waals surface area contributed by atoms with Crippen molar-refractivity contribution in [1.82, 2.24) is 5.32 Å². The summed E-state index contributed by atoms with van der Waals surface area (Å²) in [6.45, 7) is 8.88. The van der Waals surface area contributed by atoms with Crippen LogP contribution < -0.4 is 10.6 Å². The Bertz CT molecular complexity index is 1110. The van der Waals surface area contributed by atoms with Gasteiger partial charge in [-0.3, -0.25) is 9.59 Å². The number of rotatable bonds is 14. The minimum atomic E-state index is -0.475. The zero-order valence-corrected chi connectivity index (χ0v) is 24.8. The van der Waals surface area contributed by atoms with Crippen LogP contribution in [0, 0.1) is 5.92 Å². The van der Waals surface area contributed by atoms with Gasteiger partial charge in [0.05, 0.1) is 18.6 Å². The van der Waals surface area contributed by atoms with Crippen molar-refractivity contribution in [3.8, 4) is 0 Å². The third kappa shape index (κ3) is 7.94. The highest BCUT2D eigenvalue weighted by atomic mass is 16.6. The number of carbonyl (C=O) groups is 3. The van der Waals surface area contributed by atoms with E-state index in [-0.39, 0.29) is 54.2 Å². The van der Waals surface area contributed by atoms with Crippen LogP contribution in [0.15, 0.2) is 35.9 Å². The Balaban J connectivity index is 1.22. The first-order valence-electron chi connectivity index (χ1n) is 14.5. The Kier molecular flexibility index (Phi) is 10.2. The maximum Gasteiger partial charge on any atom is 0.407 e. The predicted molar refractivity (Wildman–Crippen MR) is 153 cm³/mol. The lowest BCUT2D eigenvalue weighted by molar-refractivity contribution is -0.127. The molecule has 2 heterocycles. The number of carbonyl (C=O) groups excluding carboxylic acids is 3. The van der Waals surface area contributed by atoms with E-state index in [4.69, 9.17) is 23.7 Å². The van der Waals surface area contributed by atoms with Gasteiger partial charge in [-0.15, -0.1) is 0 Å². The number of anilines is 1. The number of alkyl carbamates (subject to hydrolysis) is 1. The summed E-state index contributed by atoms with van der Waals surface area (Å²) >= 11 is 0. The van der Waals surface area contributed by atoms with Crippen molar-refractivity contribution in [2.75, 3.05) is 38.8 Å². The van der Waals surface area contributed by atoms with Crippen LogP contribution in [0.4, 0.5) is 10.5 Å². The Morgan fingerprint density at radius 3 is 2.51 bits per heavy atom. The molecule has 10 nitrogen and oxygen atoms in total. The van der Waals surface area contributed by atoms with E-state index in [1.807, 2.05) is 12.1 Å². The molecule has 2 amide bonds. The van der Waals surface area contributed by atoms with E-state index < -0.39 is 12.2 Å². The minimum absolute atomic E-state index is 0.0217. The van der Waals surface area contributed by atoms with Gasteiger partial charge in [0, 0.05) is 25.8 Å². The SMILES string of the molecule is CCC(=O)COCC(=O)Nc1ccc(CCNC(=O)O[C@@H]2CC[C@]3(CO3)[C@@H](C3(C)O[C@@H]3CC=C(C)C)[C@@H]2OC)cc1. The predicted octanol–water partition coefficient (Wildman–Crippen LogP) is 3.97. The van der Waals surface area contributed by atoms with E-state index in [0.29, 0.717) is 38.1 Å². The monoisotopic (exact) mass is 572 g/mol. The molecule has 4 rings (SSSR count). The smallest absolute Gasteiger partial charge is 0.407 e. The fourth-order valence-electron chi connectivity index (χ4n) is 5.87. The number of ether oxygens (including phenoxy) is 5. The molecule has 2 aliphatic heterocycles. The number of epoxide rings is 2. The number of nitrogens with one attached hydrogen (secondary N) is 2. The third-order valence-electron chi connectivity index (χ3n) is 8.31. The zero-order chi connectivity index (χ0) is 29.6. The van der Waals surface area contributed by atoms with E-state index in [2.05, 4.69) is 37.5 Å². The summed E-state index contributed by atoms with van der Waals surface area (Å²) in [4.78, 5) is 36.0. The van der Waals surface area contributed by atoms with Crippen LogP contribution >= 0.6 is 0 Å². The van der Waals surface area contributed by atoms with Gasteiger partial charge in [-0.1, -0.05) is 30.7 Å². The molecule has 1 aromatic carbocycles. The van der Waals surface area contributed by atoms with Crippen LogP contribution in [-0.2, 0) is 39.7 Å². The number of allylic oxidation sites excluding steroid dienone is 1. The van der Waals surface area contributed by atoms with Crippen LogP contribution in [0.3, 0.4) is 0 Å². The van der Waals surface area contributed by atoms with Gasteiger partial charge in [-0.25, -0.2) is 4.79 Å². The second kappa shape index (κ2) is 13.5. The molecule has 3 fully saturated rings. The quantitative estimate of drug-likeness (QED) is 0.253. The molecule has 0 bridgehead atoms. The highest BCUT2D eigenvalue weighted by Gasteiger charge is 2.72. The molecule has 1 aromatic rings. The molecule has 1 saturated carbocycles. The number of amides is 2. The topological polar surface area (TPSA) is 128 Å². The van der Waals surface area contributed by atoms with E-state index in [1.54, 1.807) is 26.2 Å². The number of ketones is 1. The summed E-state index contributed by atoms with van der Waals surface area (Å²) in [6.07, 6.45) is 4.40. The summed E-state index contributed by atoms with van der Waals surface area (Å²) in [5, 5.41) is 5.59. The maximum atomic E-state index is 12.7. The Morgan fingerprint density at radius 1 is 1.15 bits per heavy atom. The second-order valence-corrected chi connectivity index (χ2v) is 11.6. The fraction of sp³-hybridized carbons (Fsp3) is 0.645. The van der Waals surface area contributed by atoms with Gasteiger partial charge >= 0.3 is 6.09 Å². The van der Waals surface area contributed by atoms with E-state index >= 15 is 0 Å². The van der Waals surface area contributed by atoms with E-state index in [9.17, 15) is 14.4 Å². The second-order valence-electron chi connectivity index (χ2n) is 11.6. The standard InChI is InChI=1S/C31H44N2O8/c1-6-23(34)17-38-18-26(35)33-22-10-8-21(9-11-22)14-16-32-29(36)40-24-13-15-31(19-39-31)28(27(24)37-5)30(4)25(41-30)12-7-20(2)3/h7-11,24-25,27-28H,6,12-19H2,1-5H3,(H,32,36)(H,33,35)/t24-,25-,27-,28-,30?,31+/m1/s1. The first kappa shape index (κ1) is 31.2. The fourth-order valence-corrected chi connectivity index (χ4v) is 5.87. The lowest BCUT2D eigenvalue weighted by atomic mass is 9.68. The minimum Gasteiger partial charge on any atom is -0.443 e. The molecule has 2 N–H and O–H groups in total. The van der Waals surface area contributed by atoms with Crippen molar-refractivity contribution in [2.45, 2.75) is 89.3 Å². The van der Waals surface area contributed by atoms with Crippen LogP contribution in [0.1, 0.15) is 58.9 Å². The van der Waals surface area contributed by atoms with Crippen LogP contribution in [0.5, 0.6) is 0 Å². The molecule has 41 heavy (non-hydrogen) atoms. The highest BCUT2D eigenvalue weighted by molar-refractivity contribution is 5.91. The first-order chi connectivity index (χ1) is 19.6. The summed E-state index contributed by atoms with van der Waals surface area (Å²) < 4.78 is 29.1. The molecule has 1 spiro atoms. The molecule has 1 unspecified atom stereocenters. The van der Waals surface area contributed by atoms with Gasteiger partial charge in [0.2, 0.25) is 5.91 Å². The van der Waals surface area contributed by atoms with Gasteiger partial charge in [-0.05, 0) is 64.2 Å². The highest BCUT2D eigenvalue weighted by Crippen LogP contribution is 2.59. The van der Waals surface area contributed by atoms with Crippen molar-refractivity contribution in [3.05, 3.63) is 41.5 Å². The zero-order valence-electron chi connectivity index (χ0n) is 24.8. The van der Waals surface area contributed by atoms with Crippen LogP contribution in [-0.4, -0.2) is 80.8 Å². The molecule has 10 heteroatoms. The number of methoxy groups -OCH3 is 1. The lowest BCUT2D eigenvalue weighted by Gasteiger charge is -2.42. The van der Waals surface area contributed by atoms with Crippen molar-refractivity contribution in [1.29, 1.82) is 0 Å². The average Bonchev–Trinajstić information content (AvgIpc) is 3.86. The lowest BCUT2D eigenvalue weighted by Crippen LogP contribution is -2.56.